The maximum atomic E-state index is 12.1. The van der Waals surface area contributed by atoms with E-state index in [0.29, 0.717) is 24.5 Å². The summed E-state index contributed by atoms with van der Waals surface area (Å²) in [6.07, 6.45) is 0.895. The number of nitrogens with one attached hydrogen (secondary N) is 2. The van der Waals surface area contributed by atoms with Crippen molar-refractivity contribution in [3.8, 4) is 5.75 Å². The van der Waals surface area contributed by atoms with Gasteiger partial charge in [-0.2, -0.15) is 0 Å². The fourth-order valence-corrected chi connectivity index (χ4v) is 3.39. The molecular formula is C19H23ClN2O4S. The van der Waals surface area contributed by atoms with Crippen molar-refractivity contribution in [2.75, 3.05) is 19.7 Å². The Labute approximate surface area is 164 Å². The highest BCUT2D eigenvalue weighted by molar-refractivity contribution is 7.89. The SMILES string of the molecule is Cc1ccc(OCCCC(=O)NCCNS(=O)(=O)c2ccc(Cl)cc2)cc1. The van der Waals surface area contributed by atoms with E-state index < -0.39 is 10.0 Å². The van der Waals surface area contributed by atoms with E-state index in [1.807, 2.05) is 31.2 Å². The van der Waals surface area contributed by atoms with E-state index in [-0.39, 0.29) is 23.9 Å². The molecule has 2 N–H and O–H groups in total. The predicted octanol–water partition coefficient (Wildman–Crippen LogP) is 2.90. The van der Waals surface area contributed by atoms with E-state index in [1.54, 1.807) is 0 Å². The Kier molecular flexibility index (Phi) is 8.09. The molecule has 2 rings (SSSR count). The second kappa shape index (κ2) is 10.3. The molecule has 0 heterocycles. The summed E-state index contributed by atoms with van der Waals surface area (Å²) in [6, 6.07) is 13.6. The zero-order valence-electron chi connectivity index (χ0n) is 15.1. The number of halogens is 1. The van der Waals surface area contributed by atoms with Crippen molar-refractivity contribution in [1.82, 2.24) is 10.0 Å². The molecule has 0 aliphatic heterocycles. The molecule has 0 saturated heterocycles. The van der Waals surface area contributed by atoms with Crippen LogP contribution < -0.4 is 14.8 Å². The molecule has 146 valence electrons. The molecule has 0 aliphatic rings. The van der Waals surface area contributed by atoms with Gasteiger partial charge in [0.15, 0.2) is 0 Å². The van der Waals surface area contributed by atoms with Crippen molar-refractivity contribution in [2.24, 2.45) is 0 Å². The number of aryl methyl sites for hydroxylation is 1. The first-order valence-corrected chi connectivity index (χ1v) is 10.4. The van der Waals surface area contributed by atoms with Crippen LogP contribution in [0.5, 0.6) is 5.75 Å². The molecule has 0 saturated carbocycles. The Bertz CT molecular complexity index is 837. The minimum absolute atomic E-state index is 0.108. The lowest BCUT2D eigenvalue weighted by molar-refractivity contribution is -0.121. The molecule has 0 aliphatic carbocycles. The Morgan fingerprint density at radius 1 is 1.04 bits per heavy atom. The summed E-state index contributed by atoms with van der Waals surface area (Å²) >= 11 is 5.74. The third-order valence-electron chi connectivity index (χ3n) is 3.70. The van der Waals surface area contributed by atoms with E-state index in [0.717, 1.165) is 11.3 Å². The molecule has 2 aromatic rings. The standard InChI is InChI=1S/C19H23ClN2O4S/c1-15-4-8-17(9-5-15)26-14-2-3-19(23)21-12-13-22-27(24,25)18-10-6-16(20)7-11-18/h4-11,22H,2-3,12-14H2,1H3,(H,21,23). The van der Waals surface area contributed by atoms with E-state index in [4.69, 9.17) is 16.3 Å². The van der Waals surface area contributed by atoms with Crippen LogP contribution in [0.3, 0.4) is 0 Å². The Hall–Kier alpha value is -2.09. The average Bonchev–Trinajstić information content (AvgIpc) is 2.64. The zero-order chi connectivity index (χ0) is 19.7. The molecular weight excluding hydrogens is 388 g/mol. The van der Waals surface area contributed by atoms with Crippen LogP contribution in [0.25, 0.3) is 0 Å². The normalized spacial score (nSPS) is 11.2. The number of hydrogen-bond acceptors (Lipinski definition) is 4. The maximum Gasteiger partial charge on any atom is 0.240 e. The van der Waals surface area contributed by atoms with Gasteiger partial charge in [0, 0.05) is 24.5 Å². The number of rotatable bonds is 10. The van der Waals surface area contributed by atoms with Gasteiger partial charge in [-0.3, -0.25) is 4.79 Å². The molecule has 0 aromatic heterocycles. The van der Waals surface area contributed by atoms with Crippen LogP contribution in [0.15, 0.2) is 53.4 Å². The molecule has 6 nitrogen and oxygen atoms in total. The topological polar surface area (TPSA) is 84.5 Å². The van der Waals surface area contributed by atoms with Crippen LogP contribution in [0, 0.1) is 6.92 Å². The van der Waals surface area contributed by atoms with Crippen LogP contribution in [0.4, 0.5) is 0 Å². The van der Waals surface area contributed by atoms with Crippen LogP contribution in [-0.2, 0) is 14.8 Å². The highest BCUT2D eigenvalue weighted by atomic mass is 35.5. The smallest absolute Gasteiger partial charge is 0.240 e. The van der Waals surface area contributed by atoms with E-state index in [1.165, 1.54) is 24.3 Å². The van der Waals surface area contributed by atoms with Crippen LogP contribution >= 0.6 is 11.6 Å². The summed E-state index contributed by atoms with van der Waals surface area (Å²) < 4.78 is 32.1. The zero-order valence-corrected chi connectivity index (χ0v) is 16.6. The number of ether oxygens (including phenoxy) is 1. The number of benzene rings is 2. The van der Waals surface area contributed by atoms with Crippen molar-refractivity contribution in [3.63, 3.8) is 0 Å². The number of carbonyl (C=O) groups excluding carboxylic acids is 1. The van der Waals surface area contributed by atoms with Crippen LogP contribution in [0.1, 0.15) is 18.4 Å². The van der Waals surface area contributed by atoms with Gasteiger partial charge in [0.2, 0.25) is 15.9 Å². The Morgan fingerprint density at radius 2 is 1.70 bits per heavy atom. The summed E-state index contributed by atoms with van der Waals surface area (Å²) in [5, 5.41) is 3.14. The lowest BCUT2D eigenvalue weighted by Crippen LogP contribution is -2.34. The molecule has 1 amide bonds. The highest BCUT2D eigenvalue weighted by Crippen LogP contribution is 2.13. The molecule has 8 heteroatoms. The number of carbonyl (C=O) groups is 1. The quantitative estimate of drug-likeness (QED) is 0.590. The van der Waals surface area contributed by atoms with Gasteiger partial charge in [-0.05, 0) is 49.7 Å². The summed E-state index contributed by atoms with van der Waals surface area (Å²) in [5.41, 5.74) is 1.16. The van der Waals surface area contributed by atoms with E-state index >= 15 is 0 Å². The number of hydrogen-bond donors (Lipinski definition) is 2. The molecule has 27 heavy (non-hydrogen) atoms. The third kappa shape index (κ3) is 7.58. The number of amides is 1. The van der Waals surface area contributed by atoms with Gasteiger partial charge in [0.05, 0.1) is 11.5 Å². The van der Waals surface area contributed by atoms with Crippen molar-refractivity contribution < 1.29 is 17.9 Å². The van der Waals surface area contributed by atoms with Gasteiger partial charge in [-0.1, -0.05) is 29.3 Å². The lowest BCUT2D eigenvalue weighted by Gasteiger charge is -2.09. The van der Waals surface area contributed by atoms with Gasteiger partial charge >= 0.3 is 0 Å². The predicted molar refractivity (Wildman–Crippen MR) is 106 cm³/mol. The first-order valence-electron chi connectivity index (χ1n) is 8.58. The van der Waals surface area contributed by atoms with Crippen molar-refractivity contribution in [1.29, 1.82) is 0 Å². The van der Waals surface area contributed by atoms with Gasteiger partial charge in [-0.15, -0.1) is 0 Å². The molecule has 2 aromatic carbocycles. The van der Waals surface area contributed by atoms with Crippen LogP contribution in [-0.4, -0.2) is 34.0 Å². The Balaban J connectivity index is 1.60. The van der Waals surface area contributed by atoms with Gasteiger partial charge in [-0.25, -0.2) is 13.1 Å². The largest absolute Gasteiger partial charge is 0.494 e. The molecule has 0 atom stereocenters. The summed E-state index contributed by atoms with van der Waals surface area (Å²) in [6.45, 7) is 2.77. The van der Waals surface area contributed by atoms with Gasteiger partial charge in [0.25, 0.3) is 0 Å². The molecule has 0 bridgehead atoms. The first-order chi connectivity index (χ1) is 12.9. The number of sulfonamides is 1. The van der Waals surface area contributed by atoms with Crippen molar-refractivity contribution in [3.05, 3.63) is 59.1 Å². The van der Waals surface area contributed by atoms with Crippen LogP contribution in [0.2, 0.25) is 5.02 Å². The van der Waals surface area contributed by atoms with E-state index in [2.05, 4.69) is 10.0 Å². The molecule has 0 unspecified atom stereocenters. The molecule has 0 radical (unpaired) electrons. The lowest BCUT2D eigenvalue weighted by atomic mass is 10.2. The average molecular weight is 411 g/mol. The minimum Gasteiger partial charge on any atom is -0.494 e. The monoisotopic (exact) mass is 410 g/mol. The third-order valence-corrected chi connectivity index (χ3v) is 5.43. The van der Waals surface area contributed by atoms with Crippen molar-refractivity contribution >= 4 is 27.5 Å². The second-order valence-corrected chi connectivity index (χ2v) is 8.17. The second-order valence-electron chi connectivity index (χ2n) is 5.97. The molecule has 0 spiro atoms. The van der Waals surface area contributed by atoms with Crippen molar-refractivity contribution in [2.45, 2.75) is 24.7 Å². The van der Waals surface area contributed by atoms with E-state index in [9.17, 15) is 13.2 Å². The molecule has 0 fully saturated rings. The Morgan fingerprint density at radius 3 is 2.37 bits per heavy atom. The van der Waals surface area contributed by atoms with Gasteiger partial charge in [0.1, 0.15) is 5.75 Å². The first kappa shape index (κ1) is 21.2. The fourth-order valence-electron chi connectivity index (χ4n) is 2.23. The maximum absolute atomic E-state index is 12.1. The van der Waals surface area contributed by atoms with Gasteiger partial charge < -0.3 is 10.1 Å². The highest BCUT2D eigenvalue weighted by Gasteiger charge is 2.13. The fraction of sp³-hybridized carbons (Fsp3) is 0.316. The summed E-state index contributed by atoms with van der Waals surface area (Å²) in [7, 11) is -3.61. The minimum atomic E-state index is -3.61. The summed E-state index contributed by atoms with van der Waals surface area (Å²) in [4.78, 5) is 11.9. The summed E-state index contributed by atoms with van der Waals surface area (Å²) in [5.74, 6) is 0.630.